The molecule has 1 aliphatic carbocycles. The fourth-order valence-electron chi connectivity index (χ4n) is 5.09. The number of hydrogen-bond acceptors (Lipinski definition) is 4. The molecule has 2 aromatic rings. The number of rotatable bonds is 11. The molecule has 1 saturated carbocycles. The molecule has 3 rings (SSSR count). The first-order chi connectivity index (χ1) is 18.4. The van der Waals surface area contributed by atoms with Gasteiger partial charge in [0, 0.05) is 22.6 Å². The highest BCUT2D eigenvalue weighted by atomic mass is 35.5. The van der Waals surface area contributed by atoms with Gasteiger partial charge in [0.05, 0.1) is 11.9 Å². The van der Waals surface area contributed by atoms with E-state index in [1.165, 1.54) is 4.90 Å². The van der Waals surface area contributed by atoms with Gasteiger partial charge in [-0.1, -0.05) is 87.5 Å². The van der Waals surface area contributed by atoms with Gasteiger partial charge in [0.2, 0.25) is 21.8 Å². The summed E-state index contributed by atoms with van der Waals surface area (Å²) >= 11 is 12.6. The number of para-hydroxylation sites is 1. The van der Waals surface area contributed by atoms with Gasteiger partial charge in [-0.2, -0.15) is 0 Å². The van der Waals surface area contributed by atoms with Crippen LogP contribution >= 0.6 is 23.2 Å². The average molecular weight is 597 g/mol. The lowest BCUT2D eigenvalue weighted by Gasteiger charge is -2.35. The first-order valence-electron chi connectivity index (χ1n) is 13.5. The standard InChI is InChI=1S/C29H39Cl2N3O4S/c1-5-26(29(36)32-23-11-7-6-8-12-23)33(18-21-15-16-22(30)17-25(21)31)28(35)19-34(39(4,37)38)27-14-10-9-13-24(27)20(2)3/h9-10,13-17,20,23,26H,5-8,11-12,18-19H2,1-4H3,(H,32,36)/t26-/m1/s1. The highest BCUT2D eigenvalue weighted by molar-refractivity contribution is 7.92. The van der Waals surface area contributed by atoms with Gasteiger partial charge in [0.15, 0.2) is 0 Å². The Hall–Kier alpha value is -2.29. The quantitative estimate of drug-likeness (QED) is 0.338. The molecule has 39 heavy (non-hydrogen) atoms. The fourth-order valence-corrected chi connectivity index (χ4v) is 6.43. The minimum Gasteiger partial charge on any atom is -0.352 e. The van der Waals surface area contributed by atoms with Crippen molar-refractivity contribution in [3.8, 4) is 0 Å². The van der Waals surface area contributed by atoms with Gasteiger partial charge in [0.1, 0.15) is 12.6 Å². The molecule has 1 atom stereocenters. The molecule has 0 bridgehead atoms. The SMILES string of the molecule is CC[C@H](C(=O)NC1CCCCC1)N(Cc1ccc(Cl)cc1Cl)C(=O)CN(c1ccccc1C(C)C)S(C)(=O)=O. The zero-order chi connectivity index (χ0) is 28.7. The van der Waals surface area contributed by atoms with E-state index >= 15 is 0 Å². The van der Waals surface area contributed by atoms with Gasteiger partial charge in [-0.3, -0.25) is 13.9 Å². The Morgan fingerprint density at radius 2 is 1.72 bits per heavy atom. The van der Waals surface area contributed by atoms with Crippen LogP contribution < -0.4 is 9.62 Å². The Morgan fingerprint density at radius 3 is 2.31 bits per heavy atom. The van der Waals surface area contributed by atoms with E-state index in [9.17, 15) is 18.0 Å². The summed E-state index contributed by atoms with van der Waals surface area (Å²) in [5, 5.41) is 3.96. The molecule has 1 aliphatic rings. The summed E-state index contributed by atoms with van der Waals surface area (Å²) in [6, 6.07) is 11.4. The van der Waals surface area contributed by atoms with E-state index in [0.29, 0.717) is 27.7 Å². The number of amides is 2. The van der Waals surface area contributed by atoms with Crippen molar-refractivity contribution in [2.75, 3.05) is 17.1 Å². The molecule has 0 aliphatic heterocycles. The Morgan fingerprint density at radius 1 is 1.05 bits per heavy atom. The molecule has 7 nitrogen and oxygen atoms in total. The van der Waals surface area contributed by atoms with E-state index in [1.54, 1.807) is 30.3 Å². The highest BCUT2D eigenvalue weighted by Crippen LogP contribution is 2.30. The highest BCUT2D eigenvalue weighted by Gasteiger charge is 2.33. The summed E-state index contributed by atoms with van der Waals surface area (Å²) in [4.78, 5) is 29.0. The maximum Gasteiger partial charge on any atom is 0.244 e. The van der Waals surface area contributed by atoms with Crippen molar-refractivity contribution < 1.29 is 18.0 Å². The molecule has 0 radical (unpaired) electrons. The van der Waals surface area contributed by atoms with Crippen LogP contribution in [0, 0.1) is 0 Å². The van der Waals surface area contributed by atoms with Crippen LogP contribution in [-0.4, -0.2) is 50.0 Å². The molecule has 0 heterocycles. The molecular weight excluding hydrogens is 557 g/mol. The smallest absolute Gasteiger partial charge is 0.244 e. The Balaban J connectivity index is 1.98. The number of benzene rings is 2. The van der Waals surface area contributed by atoms with Gasteiger partial charge in [0.25, 0.3) is 0 Å². The Bertz CT molecular complexity index is 1260. The molecule has 2 amide bonds. The lowest BCUT2D eigenvalue weighted by Crippen LogP contribution is -2.54. The number of nitrogens with zero attached hydrogens (tertiary/aromatic N) is 2. The lowest BCUT2D eigenvalue weighted by atomic mass is 9.95. The third kappa shape index (κ3) is 8.35. The third-order valence-electron chi connectivity index (χ3n) is 7.20. The Labute approximate surface area is 242 Å². The van der Waals surface area contributed by atoms with Crippen molar-refractivity contribution in [2.24, 2.45) is 0 Å². The molecule has 10 heteroatoms. The predicted molar refractivity (Wildman–Crippen MR) is 159 cm³/mol. The van der Waals surface area contributed by atoms with Crippen LogP contribution in [0.15, 0.2) is 42.5 Å². The normalized spacial score (nSPS) is 15.2. The maximum absolute atomic E-state index is 14.0. The maximum atomic E-state index is 14.0. The first kappa shape index (κ1) is 31.2. The van der Waals surface area contributed by atoms with E-state index in [4.69, 9.17) is 23.2 Å². The summed E-state index contributed by atoms with van der Waals surface area (Å²) < 4.78 is 27.1. The molecule has 2 aromatic carbocycles. The number of sulfonamides is 1. The van der Waals surface area contributed by atoms with E-state index in [0.717, 1.165) is 48.2 Å². The van der Waals surface area contributed by atoms with Crippen LogP contribution in [-0.2, 0) is 26.2 Å². The number of carbonyl (C=O) groups excluding carboxylic acids is 2. The molecule has 214 valence electrons. The van der Waals surface area contributed by atoms with E-state index < -0.39 is 28.5 Å². The van der Waals surface area contributed by atoms with E-state index in [-0.39, 0.29) is 24.4 Å². The van der Waals surface area contributed by atoms with Crippen LogP contribution in [0.25, 0.3) is 0 Å². The molecule has 0 unspecified atom stereocenters. The van der Waals surface area contributed by atoms with Gasteiger partial charge in [-0.05, 0) is 54.5 Å². The zero-order valence-corrected chi connectivity index (χ0v) is 25.5. The zero-order valence-electron chi connectivity index (χ0n) is 23.1. The van der Waals surface area contributed by atoms with Gasteiger partial charge >= 0.3 is 0 Å². The number of carbonyl (C=O) groups is 2. The molecule has 0 aromatic heterocycles. The second-order valence-electron chi connectivity index (χ2n) is 10.5. The van der Waals surface area contributed by atoms with Gasteiger partial charge in [-0.15, -0.1) is 0 Å². The first-order valence-corrected chi connectivity index (χ1v) is 16.1. The van der Waals surface area contributed by atoms with Crippen LogP contribution in [0.1, 0.15) is 76.3 Å². The van der Waals surface area contributed by atoms with Crippen LogP contribution in [0.5, 0.6) is 0 Å². The van der Waals surface area contributed by atoms with Crippen molar-refractivity contribution in [2.45, 2.75) is 83.8 Å². The lowest BCUT2D eigenvalue weighted by molar-refractivity contribution is -0.140. The van der Waals surface area contributed by atoms with Crippen LogP contribution in [0.4, 0.5) is 5.69 Å². The fraction of sp³-hybridized carbons (Fsp3) is 0.517. The predicted octanol–water partition coefficient (Wildman–Crippen LogP) is 6.14. The van der Waals surface area contributed by atoms with E-state index in [2.05, 4.69) is 5.32 Å². The summed E-state index contributed by atoms with van der Waals surface area (Å²) in [5.74, 6) is -0.693. The minimum atomic E-state index is -3.82. The summed E-state index contributed by atoms with van der Waals surface area (Å²) in [6.07, 6.45) is 6.54. The summed E-state index contributed by atoms with van der Waals surface area (Å²) in [6.45, 7) is 5.38. The topological polar surface area (TPSA) is 86.8 Å². The largest absolute Gasteiger partial charge is 0.352 e. The second-order valence-corrected chi connectivity index (χ2v) is 13.3. The monoisotopic (exact) mass is 595 g/mol. The van der Waals surface area contributed by atoms with Crippen LogP contribution in [0.3, 0.4) is 0 Å². The number of anilines is 1. The van der Waals surface area contributed by atoms with Crippen molar-refractivity contribution in [1.82, 2.24) is 10.2 Å². The molecule has 1 N–H and O–H groups in total. The van der Waals surface area contributed by atoms with E-state index in [1.807, 2.05) is 32.9 Å². The molecule has 1 fully saturated rings. The van der Waals surface area contributed by atoms with Crippen molar-refractivity contribution >= 4 is 50.7 Å². The Kier molecular flexibility index (Phi) is 11.1. The third-order valence-corrected chi connectivity index (χ3v) is 8.91. The summed E-state index contributed by atoms with van der Waals surface area (Å²) in [7, 11) is -3.82. The van der Waals surface area contributed by atoms with Crippen LogP contribution in [0.2, 0.25) is 10.0 Å². The van der Waals surface area contributed by atoms with Gasteiger partial charge in [-0.25, -0.2) is 8.42 Å². The van der Waals surface area contributed by atoms with Gasteiger partial charge < -0.3 is 10.2 Å². The second kappa shape index (κ2) is 13.9. The number of nitrogens with one attached hydrogen (secondary N) is 1. The minimum absolute atomic E-state index is 0.0363. The summed E-state index contributed by atoms with van der Waals surface area (Å²) in [5.41, 5.74) is 1.88. The number of halogens is 2. The molecular formula is C29H39Cl2N3O4S. The van der Waals surface area contributed by atoms with Crippen molar-refractivity contribution in [1.29, 1.82) is 0 Å². The molecule has 0 spiro atoms. The molecule has 0 saturated heterocycles. The average Bonchev–Trinajstić information content (AvgIpc) is 2.88. The van der Waals surface area contributed by atoms with Crippen molar-refractivity contribution in [3.05, 3.63) is 63.6 Å². The number of hydrogen-bond donors (Lipinski definition) is 1. The van der Waals surface area contributed by atoms with Crippen molar-refractivity contribution in [3.63, 3.8) is 0 Å².